The lowest BCUT2D eigenvalue weighted by molar-refractivity contribution is -0.120. The fraction of sp³-hybridized carbons (Fsp3) is 0.333. The quantitative estimate of drug-likeness (QED) is 0.361. The minimum atomic E-state index is -1.03. The third kappa shape index (κ3) is 5.38. The maximum Gasteiger partial charge on any atom is 0.347 e. The van der Waals surface area contributed by atoms with Gasteiger partial charge in [0.05, 0.1) is 5.69 Å². The molecule has 0 radical (unpaired) electrons. The van der Waals surface area contributed by atoms with Crippen molar-refractivity contribution in [3.05, 3.63) is 46.7 Å². The molecule has 1 amide bonds. The number of hydrogen-bond acceptors (Lipinski definition) is 11. The normalized spacial score (nSPS) is 15.7. The number of piperazine rings is 1. The number of nitrogens with one attached hydrogen (secondary N) is 2. The molecular formula is C21H25N9O3S. The van der Waals surface area contributed by atoms with Crippen molar-refractivity contribution in [1.82, 2.24) is 25.3 Å². The Labute approximate surface area is 199 Å². The molecule has 1 atom stereocenters. The summed E-state index contributed by atoms with van der Waals surface area (Å²) >= 11 is 1.02. The fourth-order valence-electron chi connectivity index (χ4n) is 3.57. The van der Waals surface area contributed by atoms with E-state index in [1.807, 2.05) is 35.0 Å². The van der Waals surface area contributed by atoms with Crippen molar-refractivity contribution in [3.8, 4) is 0 Å². The summed E-state index contributed by atoms with van der Waals surface area (Å²) in [6.07, 6.45) is 3.51. The zero-order chi connectivity index (χ0) is 24.2. The van der Waals surface area contributed by atoms with Crippen molar-refractivity contribution in [1.29, 1.82) is 0 Å². The van der Waals surface area contributed by atoms with Crippen LogP contribution in [-0.2, 0) is 11.3 Å². The van der Waals surface area contributed by atoms with E-state index in [2.05, 4.69) is 30.6 Å². The standard InChI is InChI=1S/C21H25N9O3S/c1-12-17(19(32)33)34-21(25-12)28-20-26-15(29(2)10-13-4-3-5-23-9-13)8-16(27-20)30-7-6-24-14(11-30)18(22)31/h3-5,8-9,14,24H,6-7,10-11H2,1-2H3,(H2,22,31)(H,32,33)(H,25,26,27,28). The number of primary amides is 1. The summed E-state index contributed by atoms with van der Waals surface area (Å²) in [5.74, 6) is 0.0612. The number of aryl methyl sites for hydroxylation is 1. The molecule has 4 heterocycles. The van der Waals surface area contributed by atoms with Gasteiger partial charge in [-0.2, -0.15) is 9.97 Å². The van der Waals surface area contributed by atoms with Crippen LogP contribution in [0.2, 0.25) is 0 Å². The smallest absolute Gasteiger partial charge is 0.347 e. The van der Waals surface area contributed by atoms with Gasteiger partial charge in [-0.3, -0.25) is 15.1 Å². The number of anilines is 4. The molecule has 3 aromatic rings. The molecule has 1 fully saturated rings. The average molecular weight is 484 g/mol. The van der Waals surface area contributed by atoms with Crippen LogP contribution in [-0.4, -0.2) is 69.6 Å². The summed E-state index contributed by atoms with van der Waals surface area (Å²) in [6, 6.07) is 5.21. The van der Waals surface area contributed by atoms with Crippen LogP contribution in [0.4, 0.5) is 22.7 Å². The van der Waals surface area contributed by atoms with Gasteiger partial charge in [0, 0.05) is 51.7 Å². The molecule has 0 bridgehead atoms. The molecule has 13 heteroatoms. The molecule has 1 saturated heterocycles. The minimum absolute atomic E-state index is 0.152. The first-order valence-corrected chi connectivity index (χ1v) is 11.4. The van der Waals surface area contributed by atoms with Crippen molar-refractivity contribution in [2.24, 2.45) is 5.73 Å². The number of aromatic carboxylic acids is 1. The Morgan fingerprint density at radius 3 is 2.88 bits per heavy atom. The fourth-order valence-corrected chi connectivity index (χ4v) is 4.37. The molecule has 1 aliphatic heterocycles. The highest BCUT2D eigenvalue weighted by Crippen LogP contribution is 2.28. The van der Waals surface area contributed by atoms with Gasteiger partial charge in [0.25, 0.3) is 0 Å². The van der Waals surface area contributed by atoms with Gasteiger partial charge in [-0.1, -0.05) is 17.4 Å². The van der Waals surface area contributed by atoms with Gasteiger partial charge >= 0.3 is 5.97 Å². The number of amides is 1. The number of nitrogens with two attached hydrogens (primary N) is 1. The molecule has 4 rings (SSSR count). The lowest BCUT2D eigenvalue weighted by atomic mass is 10.2. The monoisotopic (exact) mass is 483 g/mol. The molecule has 0 aliphatic carbocycles. The van der Waals surface area contributed by atoms with Gasteiger partial charge in [-0.25, -0.2) is 9.78 Å². The Balaban J connectivity index is 1.66. The Kier molecular flexibility index (Phi) is 6.84. The van der Waals surface area contributed by atoms with E-state index in [0.29, 0.717) is 48.6 Å². The first-order valence-electron chi connectivity index (χ1n) is 10.5. The van der Waals surface area contributed by atoms with Gasteiger partial charge in [-0.15, -0.1) is 0 Å². The highest BCUT2D eigenvalue weighted by Gasteiger charge is 2.25. The summed E-state index contributed by atoms with van der Waals surface area (Å²) < 4.78 is 0. The maximum absolute atomic E-state index is 11.7. The number of carbonyl (C=O) groups excluding carboxylic acids is 1. The average Bonchev–Trinajstić information content (AvgIpc) is 3.19. The van der Waals surface area contributed by atoms with Crippen molar-refractivity contribution < 1.29 is 14.7 Å². The summed E-state index contributed by atoms with van der Waals surface area (Å²) in [6.45, 7) is 3.78. The molecular weight excluding hydrogens is 458 g/mol. The number of carboxylic acids is 1. The molecule has 34 heavy (non-hydrogen) atoms. The van der Waals surface area contributed by atoms with Crippen LogP contribution in [0.5, 0.6) is 0 Å². The zero-order valence-electron chi connectivity index (χ0n) is 18.7. The number of carboxylic acid groups (broad SMARTS) is 1. The first-order chi connectivity index (χ1) is 16.3. The molecule has 1 unspecified atom stereocenters. The maximum atomic E-state index is 11.7. The highest BCUT2D eigenvalue weighted by molar-refractivity contribution is 7.17. The van der Waals surface area contributed by atoms with Crippen LogP contribution in [0, 0.1) is 6.92 Å². The number of nitrogens with zero attached hydrogens (tertiary/aromatic N) is 6. The second-order valence-electron chi connectivity index (χ2n) is 7.84. The third-order valence-corrected chi connectivity index (χ3v) is 6.35. The number of thiazole rings is 1. The summed E-state index contributed by atoms with van der Waals surface area (Å²) in [4.78, 5) is 44.9. The Hall–Kier alpha value is -3.84. The van der Waals surface area contributed by atoms with E-state index in [1.54, 1.807) is 19.3 Å². The van der Waals surface area contributed by atoms with Crippen molar-refractivity contribution in [2.75, 3.05) is 41.8 Å². The van der Waals surface area contributed by atoms with E-state index in [9.17, 15) is 14.7 Å². The van der Waals surface area contributed by atoms with Crippen LogP contribution in [0.25, 0.3) is 0 Å². The largest absolute Gasteiger partial charge is 0.477 e. The highest BCUT2D eigenvalue weighted by atomic mass is 32.1. The molecule has 1 aliphatic rings. The number of pyridine rings is 1. The summed E-state index contributed by atoms with van der Waals surface area (Å²) in [5.41, 5.74) is 6.93. The second-order valence-corrected chi connectivity index (χ2v) is 8.84. The van der Waals surface area contributed by atoms with E-state index in [4.69, 9.17) is 5.73 Å². The van der Waals surface area contributed by atoms with Gasteiger partial charge < -0.3 is 26.0 Å². The number of carbonyl (C=O) groups is 2. The van der Waals surface area contributed by atoms with Crippen molar-refractivity contribution in [3.63, 3.8) is 0 Å². The SMILES string of the molecule is Cc1nc(Nc2nc(N(C)Cc3cccnc3)cc(N3CCNC(C(N)=O)C3)n2)sc1C(=O)O. The topological polar surface area (TPSA) is 162 Å². The number of hydrogen-bond donors (Lipinski definition) is 4. The van der Waals surface area contributed by atoms with Gasteiger partial charge in [0.1, 0.15) is 22.6 Å². The summed E-state index contributed by atoms with van der Waals surface area (Å²) in [5, 5.41) is 15.9. The first kappa shape index (κ1) is 23.3. The molecule has 12 nitrogen and oxygen atoms in total. The predicted octanol–water partition coefficient (Wildman–Crippen LogP) is 0.978. The van der Waals surface area contributed by atoms with E-state index in [1.165, 1.54) is 0 Å². The lowest BCUT2D eigenvalue weighted by Gasteiger charge is -2.33. The Bertz CT molecular complexity index is 1190. The molecule has 5 N–H and O–H groups in total. The molecule has 0 saturated carbocycles. The van der Waals surface area contributed by atoms with Gasteiger partial charge in [0.2, 0.25) is 11.9 Å². The number of rotatable bonds is 8. The van der Waals surface area contributed by atoms with E-state index < -0.39 is 17.9 Å². The van der Waals surface area contributed by atoms with E-state index in [0.717, 1.165) is 16.9 Å². The van der Waals surface area contributed by atoms with Crippen LogP contribution in [0.15, 0.2) is 30.6 Å². The van der Waals surface area contributed by atoms with Crippen LogP contribution < -0.4 is 26.2 Å². The number of aromatic nitrogens is 4. The summed E-state index contributed by atoms with van der Waals surface area (Å²) in [7, 11) is 1.91. The van der Waals surface area contributed by atoms with Gasteiger partial charge in [-0.05, 0) is 18.6 Å². The minimum Gasteiger partial charge on any atom is -0.477 e. The van der Waals surface area contributed by atoms with Gasteiger partial charge in [0.15, 0.2) is 5.13 Å². The molecule has 0 aromatic carbocycles. The molecule has 0 spiro atoms. The third-order valence-electron chi connectivity index (χ3n) is 5.29. The van der Waals surface area contributed by atoms with Crippen LogP contribution in [0.3, 0.4) is 0 Å². The van der Waals surface area contributed by atoms with E-state index >= 15 is 0 Å². The predicted molar refractivity (Wildman–Crippen MR) is 129 cm³/mol. The Morgan fingerprint density at radius 2 is 2.21 bits per heavy atom. The zero-order valence-corrected chi connectivity index (χ0v) is 19.5. The van der Waals surface area contributed by atoms with Crippen LogP contribution >= 0.6 is 11.3 Å². The molecule has 3 aromatic heterocycles. The Morgan fingerprint density at radius 1 is 1.38 bits per heavy atom. The lowest BCUT2D eigenvalue weighted by Crippen LogP contribution is -2.56. The van der Waals surface area contributed by atoms with E-state index in [-0.39, 0.29) is 10.8 Å². The van der Waals surface area contributed by atoms with Crippen molar-refractivity contribution in [2.45, 2.75) is 19.5 Å². The van der Waals surface area contributed by atoms with Crippen LogP contribution in [0.1, 0.15) is 20.9 Å². The van der Waals surface area contributed by atoms with Crippen molar-refractivity contribution >= 4 is 45.9 Å². The molecule has 178 valence electrons. The second kappa shape index (κ2) is 9.97.